The van der Waals surface area contributed by atoms with Crippen molar-refractivity contribution in [2.45, 2.75) is 31.8 Å². The van der Waals surface area contributed by atoms with Crippen molar-refractivity contribution >= 4 is 5.95 Å². The lowest BCUT2D eigenvalue weighted by Crippen LogP contribution is -2.42. The smallest absolute Gasteiger partial charge is 0.225 e. The minimum Gasteiger partial charge on any atom is -0.394 e. The van der Waals surface area contributed by atoms with Crippen LogP contribution >= 0.6 is 0 Å². The summed E-state index contributed by atoms with van der Waals surface area (Å²) in [5.74, 6) is 0.705. The molecule has 0 saturated carbocycles. The number of aromatic nitrogens is 2. The van der Waals surface area contributed by atoms with Crippen molar-refractivity contribution in [1.29, 1.82) is 0 Å². The first-order valence-electron chi connectivity index (χ1n) is 5.73. The molecule has 0 spiro atoms. The van der Waals surface area contributed by atoms with Gasteiger partial charge in [-0.25, -0.2) is 9.97 Å². The number of rotatable bonds is 3. The minimum absolute atomic E-state index is 0.164. The monoisotopic (exact) mass is 222 g/mol. The van der Waals surface area contributed by atoms with E-state index in [1.807, 2.05) is 0 Å². The summed E-state index contributed by atoms with van der Waals surface area (Å²) < 4.78 is 0. The zero-order valence-corrected chi connectivity index (χ0v) is 9.34. The van der Waals surface area contributed by atoms with Crippen LogP contribution in [0.3, 0.4) is 0 Å². The standard InChI is InChI=1S/C11H18N4O/c12-5-9-6-13-11(14-7-9)15-4-2-1-3-10(15)8-16/h6-7,10,16H,1-5,8,12H2. The molecule has 2 heterocycles. The second kappa shape index (κ2) is 5.23. The minimum atomic E-state index is 0.164. The molecule has 1 aromatic heterocycles. The van der Waals surface area contributed by atoms with Crippen LogP contribution < -0.4 is 10.6 Å². The number of hydrogen-bond acceptors (Lipinski definition) is 5. The number of piperidine rings is 1. The van der Waals surface area contributed by atoms with E-state index >= 15 is 0 Å². The SMILES string of the molecule is NCc1cnc(N2CCCCC2CO)nc1. The molecule has 1 fully saturated rings. The van der Waals surface area contributed by atoms with E-state index in [1.165, 1.54) is 6.42 Å². The normalized spacial score (nSPS) is 21.1. The lowest BCUT2D eigenvalue weighted by atomic mass is 10.0. The van der Waals surface area contributed by atoms with E-state index < -0.39 is 0 Å². The second-order valence-electron chi connectivity index (χ2n) is 4.12. The highest BCUT2D eigenvalue weighted by Gasteiger charge is 2.23. The van der Waals surface area contributed by atoms with Crippen molar-refractivity contribution in [3.05, 3.63) is 18.0 Å². The van der Waals surface area contributed by atoms with E-state index in [-0.39, 0.29) is 12.6 Å². The summed E-state index contributed by atoms with van der Waals surface area (Å²) in [5.41, 5.74) is 6.43. The highest BCUT2D eigenvalue weighted by molar-refractivity contribution is 5.32. The molecule has 2 rings (SSSR count). The van der Waals surface area contributed by atoms with Crippen LogP contribution in [0.25, 0.3) is 0 Å². The third kappa shape index (κ3) is 2.31. The molecular weight excluding hydrogens is 204 g/mol. The molecule has 1 aliphatic heterocycles. The van der Waals surface area contributed by atoms with Gasteiger partial charge in [-0.05, 0) is 19.3 Å². The van der Waals surface area contributed by atoms with Gasteiger partial charge in [0, 0.05) is 31.0 Å². The molecule has 1 aliphatic rings. The van der Waals surface area contributed by atoms with Gasteiger partial charge in [0.25, 0.3) is 0 Å². The van der Waals surface area contributed by atoms with Gasteiger partial charge >= 0.3 is 0 Å². The summed E-state index contributed by atoms with van der Waals surface area (Å²) in [6, 6.07) is 0.164. The van der Waals surface area contributed by atoms with Crippen molar-refractivity contribution in [2.24, 2.45) is 5.73 Å². The molecule has 0 aromatic carbocycles. The maximum absolute atomic E-state index is 9.31. The van der Waals surface area contributed by atoms with Crippen LogP contribution in [0.2, 0.25) is 0 Å². The number of anilines is 1. The molecule has 0 radical (unpaired) electrons. The van der Waals surface area contributed by atoms with E-state index in [2.05, 4.69) is 14.9 Å². The molecule has 0 amide bonds. The van der Waals surface area contributed by atoms with Crippen LogP contribution in [0.4, 0.5) is 5.95 Å². The molecule has 5 heteroatoms. The van der Waals surface area contributed by atoms with Crippen LogP contribution in [0.1, 0.15) is 24.8 Å². The molecule has 16 heavy (non-hydrogen) atoms. The fourth-order valence-corrected chi connectivity index (χ4v) is 2.06. The summed E-state index contributed by atoms with van der Waals surface area (Å²) in [7, 11) is 0. The van der Waals surface area contributed by atoms with Crippen molar-refractivity contribution in [3.8, 4) is 0 Å². The molecule has 1 atom stereocenters. The number of nitrogens with zero attached hydrogens (tertiary/aromatic N) is 3. The largest absolute Gasteiger partial charge is 0.394 e. The Kier molecular flexibility index (Phi) is 3.69. The van der Waals surface area contributed by atoms with Crippen LogP contribution in [0, 0.1) is 0 Å². The zero-order valence-electron chi connectivity index (χ0n) is 9.34. The lowest BCUT2D eigenvalue weighted by molar-refractivity contribution is 0.239. The van der Waals surface area contributed by atoms with E-state index in [4.69, 9.17) is 5.73 Å². The Morgan fingerprint density at radius 2 is 2.12 bits per heavy atom. The van der Waals surface area contributed by atoms with Crippen molar-refractivity contribution < 1.29 is 5.11 Å². The van der Waals surface area contributed by atoms with Crippen molar-refractivity contribution in [2.75, 3.05) is 18.1 Å². The first-order chi connectivity index (χ1) is 7.85. The number of nitrogens with two attached hydrogens (primary N) is 1. The quantitative estimate of drug-likeness (QED) is 0.768. The molecular formula is C11H18N4O. The third-order valence-electron chi connectivity index (χ3n) is 3.02. The lowest BCUT2D eigenvalue weighted by Gasteiger charge is -2.34. The molecule has 1 aromatic rings. The predicted octanol–water partition coefficient (Wildman–Crippen LogP) is 0.286. The van der Waals surface area contributed by atoms with Gasteiger partial charge in [-0.15, -0.1) is 0 Å². The fourth-order valence-electron chi connectivity index (χ4n) is 2.06. The van der Waals surface area contributed by atoms with Gasteiger partial charge in [-0.3, -0.25) is 0 Å². The summed E-state index contributed by atoms with van der Waals surface area (Å²) >= 11 is 0. The van der Waals surface area contributed by atoms with Gasteiger partial charge in [0.15, 0.2) is 0 Å². The Morgan fingerprint density at radius 1 is 1.38 bits per heavy atom. The van der Waals surface area contributed by atoms with E-state index in [1.54, 1.807) is 12.4 Å². The third-order valence-corrected chi connectivity index (χ3v) is 3.02. The number of aliphatic hydroxyl groups is 1. The van der Waals surface area contributed by atoms with Gasteiger partial charge in [-0.1, -0.05) is 0 Å². The Balaban J connectivity index is 2.14. The highest BCUT2D eigenvalue weighted by atomic mass is 16.3. The summed E-state index contributed by atoms with van der Waals surface area (Å²) in [6.45, 7) is 1.55. The molecule has 1 unspecified atom stereocenters. The van der Waals surface area contributed by atoms with Crippen molar-refractivity contribution in [1.82, 2.24) is 9.97 Å². The molecule has 88 valence electrons. The highest BCUT2D eigenvalue weighted by Crippen LogP contribution is 2.20. The predicted molar refractivity (Wildman–Crippen MR) is 62.0 cm³/mol. The van der Waals surface area contributed by atoms with E-state index in [0.717, 1.165) is 24.9 Å². The first kappa shape index (κ1) is 11.3. The summed E-state index contributed by atoms with van der Waals surface area (Å²) in [6.07, 6.45) is 6.83. The number of hydrogen-bond donors (Lipinski definition) is 2. The summed E-state index contributed by atoms with van der Waals surface area (Å²) in [5, 5.41) is 9.31. The Bertz CT molecular complexity index is 327. The summed E-state index contributed by atoms with van der Waals surface area (Å²) in [4.78, 5) is 10.7. The van der Waals surface area contributed by atoms with Gasteiger partial charge in [0.2, 0.25) is 5.95 Å². The van der Waals surface area contributed by atoms with Gasteiger partial charge in [-0.2, -0.15) is 0 Å². The van der Waals surface area contributed by atoms with Gasteiger partial charge in [0.1, 0.15) is 0 Å². The second-order valence-corrected chi connectivity index (χ2v) is 4.12. The molecule has 0 aliphatic carbocycles. The van der Waals surface area contributed by atoms with Gasteiger partial charge < -0.3 is 15.7 Å². The Morgan fingerprint density at radius 3 is 2.75 bits per heavy atom. The maximum Gasteiger partial charge on any atom is 0.225 e. The first-order valence-corrected chi connectivity index (χ1v) is 5.73. The fraction of sp³-hybridized carbons (Fsp3) is 0.636. The topological polar surface area (TPSA) is 75.3 Å². The zero-order chi connectivity index (χ0) is 11.4. The van der Waals surface area contributed by atoms with Crippen LogP contribution in [0.15, 0.2) is 12.4 Å². The Labute approximate surface area is 95.3 Å². The number of aliphatic hydroxyl groups excluding tert-OH is 1. The maximum atomic E-state index is 9.31. The van der Waals surface area contributed by atoms with Crippen LogP contribution in [0.5, 0.6) is 0 Å². The van der Waals surface area contributed by atoms with E-state index in [9.17, 15) is 5.11 Å². The van der Waals surface area contributed by atoms with Crippen LogP contribution in [-0.2, 0) is 6.54 Å². The van der Waals surface area contributed by atoms with Crippen molar-refractivity contribution in [3.63, 3.8) is 0 Å². The average molecular weight is 222 g/mol. The Hall–Kier alpha value is -1.20. The molecule has 5 nitrogen and oxygen atoms in total. The van der Waals surface area contributed by atoms with Crippen LogP contribution in [-0.4, -0.2) is 34.3 Å². The van der Waals surface area contributed by atoms with E-state index in [0.29, 0.717) is 12.5 Å². The average Bonchev–Trinajstić information content (AvgIpc) is 2.39. The molecule has 3 N–H and O–H groups in total. The molecule has 1 saturated heterocycles. The van der Waals surface area contributed by atoms with Gasteiger partial charge in [0.05, 0.1) is 12.6 Å². The molecule has 0 bridgehead atoms.